The maximum absolute atomic E-state index is 12.3. The Morgan fingerprint density at radius 2 is 1.88 bits per heavy atom. The highest BCUT2D eigenvalue weighted by molar-refractivity contribution is 9.10. The zero-order valence-electron chi connectivity index (χ0n) is 13.1. The number of benzene rings is 2. The number of amides is 1. The van der Waals surface area contributed by atoms with Gasteiger partial charge in [0.05, 0.1) is 11.9 Å². The normalized spacial score (nSPS) is 11.2. The van der Waals surface area contributed by atoms with E-state index in [4.69, 9.17) is 11.6 Å². The van der Waals surface area contributed by atoms with Crippen LogP contribution in [-0.2, 0) is 14.8 Å². The fraction of sp³-hybridized carbons (Fsp3) is 0.188. The van der Waals surface area contributed by atoms with Crippen molar-refractivity contribution in [1.82, 2.24) is 0 Å². The summed E-state index contributed by atoms with van der Waals surface area (Å²) in [7, 11) is -3.63. The molecular weight excluding hydrogens is 416 g/mol. The van der Waals surface area contributed by atoms with Gasteiger partial charge in [-0.1, -0.05) is 29.8 Å². The highest BCUT2D eigenvalue weighted by Gasteiger charge is 2.23. The molecule has 0 aliphatic heterocycles. The van der Waals surface area contributed by atoms with Gasteiger partial charge in [-0.25, -0.2) is 8.42 Å². The maximum Gasteiger partial charge on any atom is 0.245 e. The van der Waals surface area contributed by atoms with Crippen LogP contribution >= 0.6 is 27.5 Å². The minimum absolute atomic E-state index is 0.340. The molecule has 1 N–H and O–H groups in total. The van der Waals surface area contributed by atoms with Gasteiger partial charge < -0.3 is 5.32 Å². The number of halogens is 2. The molecule has 0 heterocycles. The summed E-state index contributed by atoms with van der Waals surface area (Å²) in [5, 5.41) is 3.22. The van der Waals surface area contributed by atoms with Crippen LogP contribution in [0, 0.1) is 6.92 Å². The van der Waals surface area contributed by atoms with Gasteiger partial charge in [-0.15, -0.1) is 0 Å². The average Bonchev–Trinajstić information content (AvgIpc) is 2.49. The second-order valence-electron chi connectivity index (χ2n) is 5.18. The molecule has 0 aliphatic rings. The third-order valence-electron chi connectivity index (χ3n) is 3.35. The number of hydrogen-bond acceptors (Lipinski definition) is 3. The Bertz CT molecular complexity index is 871. The van der Waals surface area contributed by atoms with E-state index in [-0.39, 0.29) is 6.54 Å². The number of hydrogen-bond donors (Lipinski definition) is 1. The smallest absolute Gasteiger partial charge is 0.245 e. The molecule has 24 heavy (non-hydrogen) atoms. The van der Waals surface area contributed by atoms with E-state index in [2.05, 4.69) is 21.2 Å². The zero-order valence-corrected chi connectivity index (χ0v) is 16.2. The van der Waals surface area contributed by atoms with E-state index >= 15 is 0 Å². The van der Waals surface area contributed by atoms with Gasteiger partial charge in [-0.2, -0.15) is 0 Å². The number of anilines is 2. The summed E-state index contributed by atoms with van der Waals surface area (Å²) in [6, 6.07) is 12.0. The van der Waals surface area contributed by atoms with Crippen LogP contribution in [0.5, 0.6) is 0 Å². The summed E-state index contributed by atoms with van der Waals surface area (Å²) in [4.78, 5) is 12.3. The average molecular weight is 432 g/mol. The molecule has 1 amide bonds. The number of nitrogens with zero attached hydrogens (tertiary/aromatic N) is 1. The molecule has 0 saturated carbocycles. The molecule has 0 spiro atoms. The molecule has 0 radical (unpaired) electrons. The Labute approximate surface area is 154 Å². The lowest BCUT2D eigenvalue weighted by atomic mass is 10.2. The van der Waals surface area contributed by atoms with E-state index in [1.165, 1.54) is 0 Å². The van der Waals surface area contributed by atoms with Gasteiger partial charge >= 0.3 is 0 Å². The first-order chi connectivity index (χ1) is 11.2. The van der Waals surface area contributed by atoms with Crippen molar-refractivity contribution in [2.75, 3.05) is 22.4 Å². The second kappa shape index (κ2) is 7.55. The Balaban J connectivity index is 2.26. The number of carbonyl (C=O) groups is 1. The van der Waals surface area contributed by atoms with Crippen LogP contribution in [0.15, 0.2) is 46.9 Å². The minimum atomic E-state index is -3.63. The van der Waals surface area contributed by atoms with E-state index < -0.39 is 15.9 Å². The monoisotopic (exact) mass is 430 g/mol. The highest BCUT2D eigenvalue weighted by Crippen LogP contribution is 2.28. The van der Waals surface area contributed by atoms with Crippen molar-refractivity contribution in [3.8, 4) is 0 Å². The van der Waals surface area contributed by atoms with Crippen LogP contribution < -0.4 is 9.62 Å². The lowest BCUT2D eigenvalue weighted by molar-refractivity contribution is -0.114. The van der Waals surface area contributed by atoms with Crippen LogP contribution in [-0.4, -0.2) is 27.1 Å². The number of para-hydroxylation sites is 1. The molecule has 0 aromatic heterocycles. The first-order valence-electron chi connectivity index (χ1n) is 6.97. The number of nitrogens with one attached hydrogen (secondary N) is 1. The highest BCUT2D eigenvalue weighted by atomic mass is 79.9. The van der Waals surface area contributed by atoms with Crippen molar-refractivity contribution in [3.63, 3.8) is 0 Å². The lowest BCUT2D eigenvalue weighted by Crippen LogP contribution is -2.37. The molecule has 0 bridgehead atoms. The van der Waals surface area contributed by atoms with Crippen molar-refractivity contribution >= 4 is 54.8 Å². The first kappa shape index (κ1) is 18.8. The van der Waals surface area contributed by atoms with E-state index in [0.29, 0.717) is 20.9 Å². The summed E-state index contributed by atoms with van der Waals surface area (Å²) >= 11 is 9.34. The number of rotatable bonds is 5. The van der Waals surface area contributed by atoms with Crippen LogP contribution in [0.2, 0.25) is 5.02 Å². The van der Waals surface area contributed by atoms with E-state index in [1.807, 2.05) is 0 Å². The molecule has 0 fully saturated rings. The summed E-state index contributed by atoms with van der Waals surface area (Å²) in [6.07, 6.45) is 1.06. The molecule has 2 rings (SSSR count). The zero-order chi connectivity index (χ0) is 17.9. The van der Waals surface area contributed by atoms with Crippen LogP contribution in [0.25, 0.3) is 0 Å². The standard InChI is InChI=1S/C16H16BrClN2O3S/c1-11-13(18)7-5-8-14(11)19-16(21)10-20(24(2,22)23)15-9-4-3-6-12(15)17/h3-9H,10H2,1-2H3,(H,19,21). The molecule has 0 atom stereocenters. The van der Waals surface area contributed by atoms with Gasteiger partial charge in [0.15, 0.2) is 0 Å². The first-order valence-corrected chi connectivity index (χ1v) is 9.99. The second-order valence-corrected chi connectivity index (χ2v) is 8.35. The Morgan fingerprint density at radius 1 is 1.21 bits per heavy atom. The lowest BCUT2D eigenvalue weighted by Gasteiger charge is -2.23. The van der Waals surface area contributed by atoms with Gasteiger partial charge in [0.2, 0.25) is 15.9 Å². The Kier molecular flexibility index (Phi) is 5.90. The maximum atomic E-state index is 12.3. The van der Waals surface area contributed by atoms with Crippen molar-refractivity contribution in [2.45, 2.75) is 6.92 Å². The van der Waals surface area contributed by atoms with E-state index in [9.17, 15) is 13.2 Å². The van der Waals surface area contributed by atoms with E-state index in [1.54, 1.807) is 49.4 Å². The van der Waals surface area contributed by atoms with Gasteiger partial charge in [-0.3, -0.25) is 9.10 Å². The van der Waals surface area contributed by atoms with Gasteiger partial charge in [0.25, 0.3) is 0 Å². The van der Waals surface area contributed by atoms with Gasteiger partial charge in [-0.05, 0) is 52.7 Å². The predicted molar refractivity (Wildman–Crippen MR) is 101 cm³/mol. The topological polar surface area (TPSA) is 66.5 Å². The third kappa shape index (κ3) is 4.49. The van der Waals surface area contributed by atoms with Crippen LogP contribution in [0.4, 0.5) is 11.4 Å². The van der Waals surface area contributed by atoms with Gasteiger partial charge in [0, 0.05) is 15.2 Å². The SMILES string of the molecule is Cc1c(Cl)cccc1NC(=O)CN(c1ccccc1Br)S(C)(=O)=O. The molecule has 8 heteroatoms. The molecule has 0 saturated heterocycles. The fourth-order valence-corrected chi connectivity index (χ4v) is 3.76. The Hall–Kier alpha value is -1.57. The van der Waals surface area contributed by atoms with Gasteiger partial charge in [0.1, 0.15) is 6.54 Å². The quantitative estimate of drug-likeness (QED) is 0.783. The molecule has 2 aromatic carbocycles. The van der Waals surface area contributed by atoms with Crippen LogP contribution in [0.3, 0.4) is 0 Å². The molecule has 2 aromatic rings. The predicted octanol–water partition coefficient (Wildman–Crippen LogP) is 3.82. The summed E-state index contributed by atoms with van der Waals surface area (Å²) < 4.78 is 25.8. The Morgan fingerprint density at radius 3 is 2.50 bits per heavy atom. The van der Waals surface area contributed by atoms with E-state index in [0.717, 1.165) is 16.1 Å². The van der Waals surface area contributed by atoms with Crippen molar-refractivity contribution in [3.05, 3.63) is 57.5 Å². The van der Waals surface area contributed by atoms with Crippen molar-refractivity contribution in [1.29, 1.82) is 0 Å². The fourth-order valence-electron chi connectivity index (χ4n) is 2.10. The summed E-state index contributed by atoms with van der Waals surface area (Å²) in [5.41, 5.74) is 1.67. The molecule has 0 unspecified atom stereocenters. The van der Waals surface area contributed by atoms with Crippen molar-refractivity contribution < 1.29 is 13.2 Å². The minimum Gasteiger partial charge on any atom is -0.324 e. The number of sulfonamides is 1. The summed E-state index contributed by atoms with van der Waals surface area (Å²) in [6.45, 7) is 1.44. The van der Waals surface area contributed by atoms with Crippen LogP contribution in [0.1, 0.15) is 5.56 Å². The number of carbonyl (C=O) groups excluding carboxylic acids is 1. The molecule has 0 aliphatic carbocycles. The molecule has 128 valence electrons. The van der Waals surface area contributed by atoms with Crippen molar-refractivity contribution in [2.24, 2.45) is 0 Å². The molecular formula is C16H16BrClN2O3S. The summed E-state index contributed by atoms with van der Waals surface area (Å²) in [5.74, 6) is -0.457. The third-order valence-corrected chi connectivity index (χ3v) is 5.56. The molecule has 5 nitrogen and oxygen atoms in total. The largest absolute Gasteiger partial charge is 0.324 e.